The van der Waals surface area contributed by atoms with E-state index in [2.05, 4.69) is 6.92 Å². The molecular formula is C14H24O3. The fraction of sp³-hybridized carbons (Fsp3) is 0.857. The molecule has 1 rings (SSSR count). The normalized spacial score (nSPS) is 29.1. The topological polar surface area (TPSA) is 43.4 Å². The van der Waals surface area contributed by atoms with Crippen molar-refractivity contribution >= 4 is 11.8 Å². The van der Waals surface area contributed by atoms with Gasteiger partial charge in [-0.3, -0.25) is 9.59 Å². The second-order valence-corrected chi connectivity index (χ2v) is 5.08. The number of esters is 1. The van der Waals surface area contributed by atoms with E-state index in [0.29, 0.717) is 13.0 Å². The van der Waals surface area contributed by atoms with E-state index in [9.17, 15) is 9.59 Å². The summed E-state index contributed by atoms with van der Waals surface area (Å²) >= 11 is 0. The lowest BCUT2D eigenvalue weighted by Crippen LogP contribution is -2.46. The molecule has 0 heterocycles. The van der Waals surface area contributed by atoms with Crippen LogP contribution >= 0.6 is 0 Å². The Labute approximate surface area is 104 Å². The highest BCUT2D eigenvalue weighted by Gasteiger charge is 2.49. The molecular weight excluding hydrogens is 216 g/mol. The zero-order chi connectivity index (χ0) is 12.9. The minimum absolute atomic E-state index is 0.0725. The molecule has 1 fully saturated rings. The van der Waals surface area contributed by atoms with E-state index < -0.39 is 5.41 Å². The molecule has 0 aromatic heterocycles. The maximum atomic E-state index is 12.1. The lowest BCUT2D eigenvalue weighted by atomic mass is 9.65. The van der Waals surface area contributed by atoms with Crippen LogP contribution in [0.5, 0.6) is 0 Å². The first-order chi connectivity index (χ1) is 8.07. The fourth-order valence-electron chi connectivity index (χ4n) is 2.73. The zero-order valence-electron chi connectivity index (χ0n) is 11.3. The van der Waals surface area contributed by atoms with Gasteiger partial charge >= 0.3 is 5.97 Å². The van der Waals surface area contributed by atoms with E-state index in [1.807, 2.05) is 0 Å². The summed E-state index contributed by atoms with van der Waals surface area (Å²) in [5.74, 6) is -0.0724. The fourth-order valence-corrected chi connectivity index (χ4v) is 2.73. The summed E-state index contributed by atoms with van der Waals surface area (Å²) in [7, 11) is 0. The molecule has 3 nitrogen and oxygen atoms in total. The van der Waals surface area contributed by atoms with Crippen molar-refractivity contribution in [1.29, 1.82) is 0 Å². The van der Waals surface area contributed by atoms with Gasteiger partial charge in [-0.1, -0.05) is 19.8 Å². The van der Waals surface area contributed by atoms with Gasteiger partial charge in [-0.25, -0.2) is 0 Å². The highest BCUT2D eigenvalue weighted by atomic mass is 16.5. The molecule has 0 N–H and O–H groups in total. The van der Waals surface area contributed by atoms with Crippen molar-refractivity contribution in [3.63, 3.8) is 0 Å². The van der Waals surface area contributed by atoms with E-state index in [1.54, 1.807) is 13.8 Å². The number of Topliss-reactive ketones (excluding diaryl/α,β-unsaturated/α-hetero) is 1. The Hall–Kier alpha value is -0.860. The smallest absolute Gasteiger partial charge is 0.319 e. The van der Waals surface area contributed by atoms with Crippen LogP contribution in [0.25, 0.3) is 0 Å². The lowest BCUT2D eigenvalue weighted by Gasteiger charge is -2.37. The molecule has 0 saturated heterocycles. The lowest BCUT2D eigenvalue weighted by molar-refractivity contribution is -0.165. The predicted molar refractivity (Wildman–Crippen MR) is 66.6 cm³/mol. The van der Waals surface area contributed by atoms with Crippen LogP contribution in [0, 0.1) is 11.3 Å². The molecule has 0 aromatic rings. The van der Waals surface area contributed by atoms with Gasteiger partial charge in [0.15, 0.2) is 0 Å². The number of carbonyl (C=O) groups excluding carboxylic acids is 2. The van der Waals surface area contributed by atoms with Gasteiger partial charge in [0.05, 0.1) is 6.61 Å². The second-order valence-electron chi connectivity index (χ2n) is 5.08. The van der Waals surface area contributed by atoms with E-state index in [1.165, 1.54) is 0 Å². The first-order valence-corrected chi connectivity index (χ1v) is 6.77. The molecule has 3 heteroatoms. The van der Waals surface area contributed by atoms with Gasteiger partial charge in [0, 0.05) is 6.42 Å². The molecule has 0 radical (unpaired) electrons. The van der Waals surface area contributed by atoms with Crippen LogP contribution in [-0.4, -0.2) is 18.4 Å². The third-order valence-electron chi connectivity index (χ3n) is 3.96. The summed E-state index contributed by atoms with van der Waals surface area (Å²) in [5.41, 5.74) is -0.885. The largest absolute Gasteiger partial charge is 0.465 e. The van der Waals surface area contributed by atoms with Crippen molar-refractivity contribution in [2.45, 2.75) is 59.3 Å². The summed E-state index contributed by atoms with van der Waals surface area (Å²) in [6, 6.07) is 0. The maximum Gasteiger partial charge on any atom is 0.319 e. The minimum atomic E-state index is -0.885. The van der Waals surface area contributed by atoms with Gasteiger partial charge in [0.2, 0.25) is 0 Å². The standard InChI is InChI=1S/C14H24O3/c1-4-6-8-11-9-7-10-12(15)14(11,3)13(16)17-5-2/h11H,4-10H2,1-3H3/t11-,14-/m0/s1. The average Bonchev–Trinajstić information content (AvgIpc) is 2.31. The maximum absolute atomic E-state index is 12.1. The minimum Gasteiger partial charge on any atom is -0.465 e. The van der Waals surface area contributed by atoms with E-state index >= 15 is 0 Å². The average molecular weight is 240 g/mol. The SMILES string of the molecule is CCCC[C@H]1CCCC(=O)[C@@]1(C)C(=O)OCC. The molecule has 2 atom stereocenters. The quantitative estimate of drug-likeness (QED) is 0.548. The van der Waals surface area contributed by atoms with Crippen LogP contribution in [0.2, 0.25) is 0 Å². The van der Waals surface area contributed by atoms with Crippen LogP contribution < -0.4 is 0 Å². The Morgan fingerprint density at radius 3 is 2.76 bits per heavy atom. The predicted octanol–water partition coefficient (Wildman–Crippen LogP) is 3.12. The van der Waals surface area contributed by atoms with Crippen molar-refractivity contribution in [3.05, 3.63) is 0 Å². The highest BCUT2D eigenvalue weighted by molar-refractivity contribution is 6.04. The summed E-state index contributed by atoms with van der Waals surface area (Å²) in [6.45, 7) is 6.05. The molecule has 0 aliphatic heterocycles. The van der Waals surface area contributed by atoms with Crippen LogP contribution in [0.4, 0.5) is 0 Å². The van der Waals surface area contributed by atoms with Gasteiger partial charge in [-0.05, 0) is 39.0 Å². The molecule has 0 unspecified atom stereocenters. The Morgan fingerprint density at radius 1 is 1.47 bits per heavy atom. The van der Waals surface area contributed by atoms with Crippen LogP contribution in [-0.2, 0) is 14.3 Å². The first kappa shape index (κ1) is 14.2. The molecule has 98 valence electrons. The molecule has 0 spiro atoms. The van der Waals surface area contributed by atoms with E-state index in [0.717, 1.165) is 32.1 Å². The number of ketones is 1. The Bertz CT molecular complexity index is 285. The second kappa shape index (κ2) is 6.18. The molecule has 0 aromatic carbocycles. The van der Waals surface area contributed by atoms with Gasteiger partial charge in [0.1, 0.15) is 11.2 Å². The Morgan fingerprint density at radius 2 is 2.18 bits per heavy atom. The monoisotopic (exact) mass is 240 g/mol. The Balaban J connectivity index is 2.84. The summed E-state index contributed by atoms with van der Waals surface area (Å²) < 4.78 is 5.11. The van der Waals surface area contributed by atoms with Crippen molar-refractivity contribution in [2.75, 3.05) is 6.61 Å². The van der Waals surface area contributed by atoms with E-state index in [-0.39, 0.29) is 17.7 Å². The molecule has 1 aliphatic carbocycles. The van der Waals surface area contributed by atoms with Gasteiger partial charge in [-0.15, -0.1) is 0 Å². The third kappa shape index (κ3) is 2.88. The number of rotatable bonds is 5. The zero-order valence-corrected chi connectivity index (χ0v) is 11.3. The number of unbranched alkanes of at least 4 members (excludes halogenated alkanes) is 1. The van der Waals surface area contributed by atoms with Gasteiger partial charge < -0.3 is 4.74 Å². The van der Waals surface area contributed by atoms with Gasteiger partial charge in [-0.2, -0.15) is 0 Å². The number of hydrogen-bond donors (Lipinski definition) is 0. The van der Waals surface area contributed by atoms with Crippen molar-refractivity contribution in [3.8, 4) is 0 Å². The summed E-state index contributed by atoms with van der Waals surface area (Å²) in [4.78, 5) is 24.2. The van der Waals surface area contributed by atoms with Crippen LogP contribution in [0.15, 0.2) is 0 Å². The Kier molecular flexibility index (Phi) is 5.16. The van der Waals surface area contributed by atoms with E-state index in [4.69, 9.17) is 4.74 Å². The molecule has 0 bridgehead atoms. The number of hydrogen-bond acceptors (Lipinski definition) is 3. The summed E-state index contributed by atoms with van der Waals surface area (Å²) in [5, 5.41) is 0. The number of ether oxygens (including phenoxy) is 1. The first-order valence-electron chi connectivity index (χ1n) is 6.77. The molecule has 17 heavy (non-hydrogen) atoms. The van der Waals surface area contributed by atoms with Crippen molar-refractivity contribution < 1.29 is 14.3 Å². The van der Waals surface area contributed by atoms with Gasteiger partial charge in [0.25, 0.3) is 0 Å². The van der Waals surface area contributed by atoms with Crippen LogP contribution in [0.1, 0.15) is 59.3 Å². The number of carbonyl (C=O) groups is 2. The highest BCUT2D eigenvalue weighted by Crippen LogP contribution is 2.42. The molecule has 0 amide bonds. The van der Waals surface area contributed by atoms with Crippen molar-refractivity contribution in [2.24, 2.45) is 11.3 Å². The van der Waals surface area contributed by atoms with Crippen LogP contribution in [0.3, 0.4) is 0 Å². The van der Waals surface area contributed by atoms with Crippen molar-refractivity contribution in [1.82, 2.24) is 0 Å². The molecule has 1 aliphatic rings. The summed E-state index contributed by atoms with van der Waals surface area (Å²) in [6.07, 6.45) is 5.55. The molecule has 1 saturated carbocycles. The third-order valence-corrected chi connectivity index (χ3v) is 3.96.